The molecule has 1 aliphatic rings. The van der Waals surface area contributed by atoms with Crippen LogP contribution in [0.15, 0.2) is 4.60 Å². The van der Waals surface area contributed by atoms with E-state index in [1.165, 1.54) is 12.8 Å². The van der Waals surface area contributed by atoms with Gasteiger partial charge in [0, 0.05) is 17.2 Å². The van der Waals surface area contributed by atoms with E-state index in [2.05, 4.69) is 25.9 Å². The van der Waals surface area contributed by atoms with E-state index in [9.17, 15) is 0 Å². The molecule has 1 saturated carbocycles. The van der Waals surface area contributed by atoms with E-state index in [0.717, 1.165) is 21.7 Å². The van der Waals surface area contributed by atoms with Crippen LogP contribution in [0.1, 0.15) is 35.8 Å². The van der Waals surface area contributed by atoms with Gasteiger partial charge in [-0.2, -0.15) is 0 Å². The van der Waals surface area contributed by atoms with Crippen LogP contribution >= 0.6 is 15.9 Å². The standard InChI is InChI=1S/C9H11BrN2/c1-5-6(2)11-9(7-3-4-7)12-8(5)10/h7H,3-4H2,1-2H3. The van der Waals surface area contributed by atoms with Crippen LogP contribution in [0, 0.1) is 13.8 Å². The summed E-state index contributed by atoms with van der Waals surface area (Å²) in [5.74, 6) is 1.66. The molecule has 64 valence electrons. The van der Waals surface area contributed by atoms with Gasteiger partial charge in [-0.05, 0) is 42.6 Å². The third kappa shape index (κ3) is 1.38. The lowest BCUT2D eigenvalue weighted by Gasteiger charge is -2.04. The van der Waals surface area contributed by atoms with Crippen molar-refractivity contribution in [2.24, 2.45) is 0 Å². The monoisotopic (exact) mass is 226 g/mol. The van der Waals surface area contributed by atoms with Crippen molar-refractivity contribution in [3.8, 4) is 0 Å². The van der Waals surface area contributed by atoms with E-state index in [0.29, 0.717) is 5.92 Å². The van der Waals surface area contributed by atoms with Gasteiger partial charge in [-0.3, -0.25) is 0 Å². The Balaban J connectivity index is 2.45. The summed E-state index contributed by atoms with van der Waals surface area (Å²) in [6.45, 7) is 4.07. The first-order valence-electron chi connectivity index (χ1n) is 4.19. The van der Waals surface area contributed by atoms with Crippen molar-refractivity contribution in [3.63, 3.8) is 0 Å². The topological polar surface area (TPSA) is 25.8 Å². The number of nitrogens with zero attached hydrogens (tertiary/aromatic N) is 2. The zero-order valence-corrected chi connectivity index (χ0v) is 8.85. The lowest BCUT2D eigenvalue weighted by Crippen LogP contribution is -1.98. The van der Waals surface area contributed by atoms with Crippen molar-refractivity contribution in [1.29, 1.82) is 0 Å². The van der Waals surface area contributed by atoms with Gasteiger partial charge in [-0.25, -0.2) is 9.97 Å². The third-order valence-corrected chi connectivity index (χ3v) is 3.06. The lowest BCUT2D eigenvalue weighted by molar-refractivity contribution is 0.881. The predicted octanol–water partition coefficient (Wildman–Crippen LogP) is 2.73. The van der Waals surface area contributed by atoms with Crippen LogP contribution in [0.25, 0.3) is 0 Å². The molecule has 0 spiro atoms. The Kier molecular flexibility index (Phi) is 1.91. The minimum atomic E-state index is 0.639. The van der Waals surface area contributed by atoms with E-state index in [4.69, 9.17) is 0 Å². The molecule has 0 radical (unpaired) electrons. The molecule has 12 heavy (non-hydrogen) atoms. The quantitative estimate of drug-likeness (QED) is 0.689. The van der Waals surface area contributed by atoms with Gasteiger partial charge in [-0.1, -0.05) is 0 Å². The number of rotatable bonds is 1. The van der Waals surface area contributed by atoms with Crippen molar-refractivity contribution in [2.45, 2.75) is 32.6 Å². The van der Waals surface area contributed by atoms with E-state index in [1.807, 2.05) is 13.8 Å². The fourth-order valence-electron chi connectivity index (χ4n) is 1.14. The number of aryl methyl sites for hydroxylation is 1. The third-order valence-electron chi connectivity index (χ3n) is 2.29. The second kappa shape index (κ2) is 2.80. The second-order valence-corrected chi connectivity index (χ2v) is 4.11. The molecule has 0 saturated heterocycles. The second-order valence-electron chi connectivity index (χ2n) is 3.36. The zero-order chi connectivity index (χ0) is 8.72. The molecule has 2 rings (SSSR count). The molecular formula is C9H11BrN2. The number of aromatic nitrogens is 2. The van der Waals surface area contributed by atoms with E-state index >= 15 is 0 Å². The van der Waals surface area contributed by atoms with Gasteiger partial charge in [0.25, 0.3) is 0 Å². The molecule has 1 aliphatic carbocycles. The first-order valence-corrected chi connectivity index (χ1v) is 4.98. The fraction of sp³-hybridized carbons (Fsp3) is 0.556. The Hall–Kier alpha value is -0.440. The average molecular weight is 227 g/mol. The number of halogens is 1. The Morgan fingerprint density at radius 2 is 1.92 bits per heavy atom. The summed E-state index contributed by atoms with van der Waals surface area (Å²) in [7, 11) is 0. The molecule has 1 aromatic heterocycles. The Morgan fingerprint density at radius 1 is 1.25 bits per heavy atom. The first-order chi connectivity index (χ1) is 5.68. The van der Waals surface area contributed by atoms with Gasteiger partial charge in [0.15, 0.2) is 0 Å². The molecule has 0 unspecified atom stereocenters. The van der Waals surface area contributed by atoms with Crippen molar-refractivity contribution < 1.29 is 0 Å². The maximum absolute atomic E-state index is 4.45. The Morgan fingerprint density at radius 3 is 2.42 bits per heavy atom. The van der Waals surface area contributed by atoms with Gasteiger partial charge in [-0.15, -0.1) is 0 Å². The normalized spacial score (nSPS) is 16.6. The maximum Gasteiger partial charge on any atom is 0.132 e. The summed E-state index contributed by atoms with van der Waals surface area (Å²) in [5, 5.41) is 0. The van der Waals surface area contributed by atoms with Crippen molar-refractivity contribution in [2.75, 3.05) is 0 Å². The smallest absolute Gasteiger partial charge is 0.132 e. The number of hydrogen-bond acceptors (Lipinski definition) is 2. The summed E-state index contributed by atoms with van der Waals surface area (Å²) >= 11 is 3.44. The molecule has 1 heterocycles. The minimum Gasteiger partial charge on any atom is -0.238 e. The van der Waals surface area contributed by atoms with Crippen molar-refractivity contribution in [1.82, 2.24) is 9.97 Å². The summed E-state index contributed by atoms with van der Waals surface area (Å²) in [5.41, 5.74) is 2.25. The van der Waals surface area contributed by atoms with Crippen LogP contribution < -0.4 is 0 Å². The molecule has 0 atom stereocenters. The highest BCUT2D eigenvalue weighted by Gasteiger charge is 2.27. The van der Waals surface area contributed by atoms with E-state index in [1.54, 1.807) is 0 Å². The van der Waals surface area contributed by atoms with Crippen molar-refractivity contribution >= 4 is 15.9 Å². The zero-order valence-electron chi connectivity index (χ0n) is 7.26. The summed E-state index contributed by atoms with van der Waals surface area (Å²) in [4.78, 5) is 8.86. The summed E-state index contributed by atoms with van der Waals surface area (Å²) in [6, 6.07) is 0. The van der Waals surface area contributed by atoms with Crippen LogP contribution in [0.5, 0.6) is 0 Å². The van der Waals surface area contributed by atoms with Gasteiger partial charge < -0.3 is 0 Å². The van der Waals surface area contributed by atoms with Crippen molar-refractivity contribution in [3.05, 3.63) is 21.7 Å². The van der Waals surface area contributed by atoms with Gasteiger partial charge in [0.2, 0.25) is 0 Å². The van der Waals surface area contributed by atoms with Gasteiger partial charge in [0.05, 0.1) is 0 Å². The predicted molar refractivity (Wildman–Crippen MR) is 51.2 cm³/mol. The first kappa shape index (κ1) is 8.17. The maximum atomic E-state index is 4.45. The molecule has 0 amide bonds. The molecule has 3 heteroatoms. The highest BCUT2D eigenvalue weighted by atomic mass is 79.9. The van der Waals surface area contributed by atoms with Crippen LogP contribution in [0.4, 0.5) is 0 Å². The summed E-state index contributed by atoms with van der Waals surface area (Å²) < 4.78 is 0.955. The van der Waals surface area contributed by atoms with E-state index in [-0.39, 0.29) is 0 Å². The largest absolute Gasteiger partial charge is 0.238 e. The molecule has 2 nitrogen and oxygen atoms in total. The number of hydrogen-bond donors (Lipinski definition) is 0. The highest BCUT2D eigenvalue weighted by Crippen LogP contribution is 2.38. The molecule has 0 aliphatic heterocycles. The fourth-order valence-corrected chi connectivity index (χ4v) is 1.61. The SMILES string of the molecule is Cc1nc(C2CC2)nc(Br)c1C. The molecule has 0 N–H and O–H groups in total. The molecule has 0 aromatic carbocycles. The Labute approximate surface area is 80.6 Å². The van der Waals surface area contributed by atoms with Crippen LogP contribution in [-0.2, 0) is 0 Å². The Bertz CT molecular complexity index is 295. The van der Waals surface area contributed by atoms with Crippen LogP contribution in [0.3, 0.4) is 0 Å². The lowest BCUT2D eigenvalue weighted by atomic mass is 10.2. The minimum absolute atomic E-state index is 0.639. The highest BCUT2D eigenvalue weighted by molar-refractivity contribution is 9.10. The molecule has 1 fully saturated rings. The summed E-state index contributed by atoms with van der Waals surface area (Å²) in [6.07, 6.45) is 2.52. The van der Waals surface area contributed by atoms with Crippen LogP contribution in [0.2, 0.25) is 0 Å². The molecule has 1 aromatic rings. The van der Waals surface area contributed by atoms with E-state index < -0.39 is 0 Å². The molecular weight excluding hydrogens is 216 g/mol. The van der Waals surface area contributed by atoms with Gasteiger partial charge >= 0.3 is 0 Å². The van der Waals surface area contributed by atoms with Crippen LogP contribution in [-0.4, -0.2) is 9.97 Å². The van der Waals surface area contributed by atoms with Gasteiger partial charge in [0.1, 0.15) is 10.4 Å². The average Bonchev–Trinajstić information content (AvgIpc) is 2.81. The molecule has 0 bridgehead atoms.